The molecule has 0 radical (unpaired) electrons. The average molecular weight is 281 g/mol. The van der Waals surface area contributed by atoms with Crippen molar-refractivity contribution in [2.75, 3.05) is 0 Å². The SMILES string of the molecule is Cc1cc2ncn(-c3ncccc3/C(N)=N/O)c2cc1C. The molecule has 3 aromatic rings. The number of hydrogen-bond acceptors (Lipinski definition) is 4. The Morgan fingerprint density at radius 1 is 1.24 bits per heavy atom. The second-order valence-corrected chi connectivity index (χ2v) is 4.90. The molecule has 0 fully saturated rings. The zero-order valence-electron chi connectivity index (χ0n) is 11.8. The Labute approximate surface area is 121 Å². The molecule has 2 aromatic heterocycles. The molecule has 0 aliphatic carbocycles. The van der Waals surface area contributed by atoms with Gasteiger partial charge in [-0.15, -0.1) is 0 Å². The quantitative estimate of drug-likeness (QED) is 0.326. The van der Waals surface area contributed by atoms with Gasteiger partial charge in [-0.25, -0.2) is 9.97 Å². The third-order valence-electron chi connectivity index (χ3n) is 3.56. The third kappa shape index (κ3) is 2.10. The van der Waals surface area contributed by atoms with Crippen LogP contribution >= 0.6 is 0 Å². The van der Waals surface area contributed by atoms with E-state index in [-0.39, 0.29) is 5.84 Å². The van der Waals surface area contributed by atoms with E-state index in [0.717, 1.165) is 11.0 Å². The molecule has 0 atom stereocenters. The molecular weight excluding hydrogens is 266 g/mol. The summed E-state index contributed by atoms with van der Waals surface area (Å²) in [6.07, 6.45) is 3.36. The van der Waals surface area contributed by atoms with Crippen molar-refractivity contribution in [3.05, 3.63) is 53.5 Å². The van der Waals surface area contributed by atoms with E-state index in [1.165, 1.54) is 11.1 Å². The number of hydrogen-bond donors (Lipinski definition) is 2. The van der Waals surface area contributed by atoms with Gasteiger partial charge in [0.25, 0.3) is 0 Å². The Hall–Kier alpha value is -2.89. The minimum absolute atomic E-state index is 0.0174. The number of pyridine rings is 1. The van der Waals surface area contributed by atoms with Gasteiger partial charge in [0, 0.05) is 6.20 Å². The molecule has 0 unspecified atom stereocenters. The number of nitrogens with zero attached hydrogens (tertiary/aromatic N) is 4. The normalized spacial score (nSPS) is 12.0. The van der Waals surface area contributed by atoms with Crippen molar-refractivity contribution in [2.24, 2.45) is 10.9 Å². The molecule has 6 nitrogen and oxygen atoms in total. The third-order valence-corrected chi connectivity index (χ3v) is 3.56. The number of amidine groups is 1. The maximum Gasteiger partial charge on any atom is 0.173 e. The van der Waals surface area contributed by atoms with Crippen LogP contribution in [0.25, 0.3) is 16.9 Å². The molecule has 106 valence electrons. The summed E-state index contributed by atoms with van der Waals surface area (Å²) in [4.78, 5) is 8.75. The van der Waals surface area contributed by atoms with Gasteiger partial charge in [0.15, 0.2) is 5.84 Å². The summed E-state index contributed by atoms with van der Waals surface area (Å²) in [5, 5.41) is 12.0. The van der Waals surface area contributed by atoms with Gasteiger partial charge in [-0.3, -0.25) is 4.57 Å². The summed E-state index contributed by atoms with van der Waals surface area (Å²) in [7, 11) is 0. The average Bonchev–Trinajstić information content (AvgIpc) is 2.89. The van der Waals surface area contributed by atoms with Crippen molar-refractivity contribution < 1.29 is 5.21 Å². The molecule has 1 aromatic carbocycles. The summed E-state index contributed by atoms with van der Waals surface area (Å²) < 4.78 is 1.84. The van der Waals surface area contributed by atoms with Crippen LogP contribution in [0.4, 0.5) is 0 Å². The minimum Gasteiger partial charge on any atom is -0.409 e. The number of imidazole rings is 1. The van der Waals surface area contributed by atoms with Crippen molar-refractivity contribution in [1.29, 1.82) is 0 Å². The van der Waals surface area contributed by atoms with Crippen molar-refractivity contribution >= 4 is 16.9 Å². The van der Waals surface area contributed by atoms with E-state index >= 15 is 0 Å². The summed E-state index contributed by atoms with van der Waals surface area (Å²) in [6.45, 7) is 4.10. The molecule has 0 aliphatic rings. The lowest BCUT2D eigenvalue weighted by Crippen LogP contribution is -2.17. The molecule has 0 amide bonds. The minimum atomic E-state index is 0.0174. The highest BCUT2D eigenvalue weighted by Crippen LogP contribution is 2.22. The van der Waals surface area contributed by atoms with E-state index in [1.54, 1.807) is 24.7 Å². The van der Waals surface area contributed by atoms with E-state index in [2.05, 4.69) is 35.0 Å². The highest BCUT2D eigenvalue weighted by atomic mass is 16.4. The topological polar surface area (TPSA) is 89.3 Å². The van der Waals surface area contributed by atoms with Crippen LogP contribution in [0.5, 0.6) is 0 Å². The number of nitrogens with two attached hydrogens (primary N) is 1. The maximum atomic E-state index is 8.91. The first-order chi connectivity index (χ1) is 10.1. The van der Waals surface area contributed by atoms with Crippen LogP contribution in [0.2, 0.25) is 0 Å². The van der Waals surface area contributed by atoms with Crippen molar-refractivity contribution in [3.8, 4) is 5.82 Å². The molecule has 0 saturated carbocycles. The van der Waals surface area contributed by atoms with Gasteiger partial charge in [0.2, 0.25) is 0 Å². The number of oxime groups is 1. The molecule has 0 spiro atoms. The van der Waals surface area contributed by atoms with Crippen LogP contribution in [0.15, 0.2) is 41.9 Å². The largest absolute Gasteiger partial charge is 0.409 e. The first-order valence-corrected chi connectivity index (χ1v) is 6.49. The van der Waals surface area contributed by atoms with Gasteiger partial charge in [-0.2, -0.15) is 0 Å². The smallest absolute Gasteiger partial charge is 0.173 e. The van der Waals surface area contributed by atoms with Crippen LogP contribution in [0.3, 0.4) is 0 Å². The van der Waals surface area contributed by atoms with Gasteiger partial charge < -0.3 is 10.9 Å². The highest BCUT2D eigenvalue weighted by Gasteiger charge is 2.13. The van der Waals surface area contributed by atoms with Crippen molar-refractivity contribution in [1.82, 2.24) is 14.5 Å². The highest BCUT2D eigenvalue weighted by molar-refractivity contribution is 6.00. The molecule has 6 heteroatoms. The van der Waals surface area contributed by atoms with Gasteiger partial charge in [-0.1, -0.05) is 5.16 Å². The Balaban J connectivity index is 2.29. The van der Waals surface area contributed by atoms with Crippen molar-refractivity contribution in [2.45, 2.75) is 13.8 Å². The molecule has 2 heterocycles. The number of aromatic nitrogens is 3. The van der Waals surface area contributed by atoms with E-state index in [9.17, 15) is 0 Å². The fraction of sp³-hybridized carbons (Fsp3) is 0.133. The fourth-order valence-corrected chi connectivity index (χ4v) is 2.28. The Morgan fingerprint density at radius 2 is 2.00 bits per heavy atom. The predicted molar refractivity (Wildman–Crippen MR) is 80.8 cm³/mol. The molecular formula is C15H15N5O. The lowest BCUT2D eigenvalue weighted by atomic mass is 10.1. The zero-order chi connectivity index (χ0) is 15.0. The summed E-state index contributed by atoms with van der Waals surface area (Å²) >= 11 is 0. The van der Waals surface area contributed by atoms with E-state index < -0.39 is 0 Å². The van der Waals surface area contributed by atoms with E-state index in [0.29, 0.717) is 11.4 Å². The van der Waals surface area contributed by atoms with Gasteiger partial charge >= 0.3 is 0 Å². The fourth-order valence-electron chi connectivity index (χ4n) is 2.28. The number of fused-ring (bicyclic) bond motifs is 1. The standard InChI is InChI=1S/C15H15N5O/c1-9-6-12-13(7-10(9)2)20(8-18-12)15-11(14(16)19-21)4-3-5-17-15/h3-8,21H,1-2H3,(H2,16,19). The molecule has 0 aliphatic heterocycles. The second kappa shape index (κ2) is 4.90. The molecule has 3 rings (SSSR count). The molecule has 0 bridgehead atoms. The van der Waals surface area contributed by atoms with Crippen LogP contribution in [-0.4, -0.2) is 25.6 Å². The van der Waals surface area contributed by atoms with E-state index in [1.807, 2.05) is 10.6 Å². The van der Waals surface area contributed by atoms with E-state index in [4.69, 9.17) is 10.9 Å². The zero-order valence-corrected chi connectivity index (χ0v) is 11.8. The first kappa shape index (κ1) is 13.1. The van der Waals surface area contributed by atoms with Crippen LogP contribution in [0.1, 0.15) is 16.7 Å². The summed E-state index contributed by atoms with van der Waals surface area (Å²) in [5.41, 5.74) is 10.5. The van der Waals surface area contributed by atoms with Crippen LogP contribution in [0, 0.1) is 13.8 Å². The lowest BCUT2D eigenvalue weighted by Gasteiger charge is -2.09. The molecule has 0 saturated heterocycles. The molecule has 21 heavy (non-hydrogen) atoms. The molecule has 3 N–H and O–H groups in total. The second-order valence-electron chi connectivity index (χ2n) is 4.90. The Morgan fingerprint density at radius 3 is 2.76 bits per heavy atom. The van der Waals surface area contributed by atoms with Crippen molar-refractivity contribution in [3.63, 3.8) is 0 Å². The Kier molecular flexibility index (Phi) is 3.06. The Bertz CT molecular complexity index is 850. The number of rotatable bonds is 2. The maximum absolute atomic E-state index is 8.91. The summed E-state index contributed by atoms with van der Waals surface area (Å²) in [6, 6.07) is 7.59. The van der Waals surface area contributed by atoms with Crippen LogP contribution in [-0.2, 0) is 0 Å². The predicted octanol–water partition coefficient (Wildman–Crippen LogP) is 2.13. The van der Waals surface area contributed by atoms with Crippen LogP contribution < -0.4 is 5.73 Å². The summed E-state index contributed by atoms with van der Waals surface area (Å²) in [5.74, 6) is 0.599. The monoisotopic (exact) mass is 281 g/mol. The van der Waals surface area contributed by atoms with Gasteiger partial charge in [0.1, 0.15) is 12.1 Å². The van der Waals surface area contributed by atoms with Gasteiger partial charge in [0.05, 0.1) is 16.6 Å². The number of benzene rings is 1. The van der Waals surface area contributed by atoms with Gasteiger partial charge in [-0.05, 0) is 49.2 Å². The lowest BCUT2D eigenvalue weighted by molar-refractivity contribution is 0.318. The first-order valence-electron chi connectivity index (χ1n) is 6.49. The number of aryl methyl sites for hydroxylation is 2.